The molecule has 8 aromatic rings. The first-order valence-electron chi connectivity index (χ1n) is 17.3. The lowest BCUT2D eigenvalue weighted by atomic mass is 9.99. The van der Waals surface area contributed by atoms with Crippen LogP contribution in [0.1, 0.15) is 16.1 Å². The number of hydrogen-bond donors (Lipinski definition) is 0. The maximum atomic E-state index is 13.2. The molecule has 2 heterocycles. The van der Waals surface area contributed by atoms with Gasteiger partial charge in [-0.3, -0.25) is 4.79 Å². The molecule has 0 aliphatic heterocycles. The number of rotatable bonds is 10. The third-order valence-corrected chi connectivity index (χ3v) is 8.85. The predicted molar refractivity (Wildman–Crippen MR) is 213 cm³/mol. The van der Waals surface area contributed by atoms with Gasteiger partial charge in [0.15, 0.2) is 23.0 Å². The molecule has 2 aromatic heterocycles. The minimum Gasteiger partial charge on any atom is -0.493 e. The zero-order valence-corrected chi connectivity index (χ0v) is 30.6. The van der Waals surface area contributed by atoms with Crippen LogP contribution >= 0.6 is 0 Å². The molecule has 10 nitrogen and oxygen atoms in total. The molecule has 0 fully saturated rings. The predicted octanol–water partition coefficient (Wildman–Crippen LogP) is 9.65. The molecule has 8 rings (SSSR count). The van der Waals surface area contributed by atoms with Gasteiger partial charge in [0.2, 0.25) is 11.7 Å². The second-order valence-corrected chi connectivity index (χ2v) is 12.1. The van der Waals surface area contributed by atoms with Gasteiger partial charge in [0.1, 0.15) is 24.1 Å². The largest absolute Gasteiger partial charge is 0.493 e. The van der Waals surface area contributed by atoms with Gasteiger partial charge in [0.05, 0.1) is 44.9 Å². The normalized spacial score (nSPS) is 10.6. The van der Waals surface area contributed by atoms with Crippen molar-refractivity contribution in [2.24, 2.45) is 0 Å². The molecule has 0 aliphatic rings. The highest BCUT2D eigenvalue weighted by Crippen LogP contribution is 2.37. The Morgan fingerprint density at radius 1 is 0.455 bits per heavy atom. The summed E-state index contributed by atoms with van der Waals surface area (Å²) in [5.41, 5.74) is 6.46. The summed E-state index contributed by atoms with van der Waals surface area (Å²) in [6.45, 7) is 0. The van der Waals surface area contributed by atoms with Gasteiger partial charge < -0.3 is 23.7 Å². The van der Waals surface area contributed by atoms with Crippen LogP contribution in [0.3, 0.4) is 0 Å². The quantitative estimate of drug-likeness (QED) is 0.126. The zero-order valence-electron chi connectivity index (χ0n) is 30.6. The highest BCUT2D eigenvalue weighted by molar-refractivity contribution is 6.15. The van der Waals surface area contributed by atoms with Crippen LogP contribution in [-0.4, -0.2) is 54.2 Å². The molecular formula is C45H36N4O6. The molecule has 55 heavy (non-hydrogen) atoms. The maximum absolute atomic E-state index is 13.2. The number of benzene rings is 6. The molecule has 0 bridgehead atoms. The lowest BCUT2D eigenvalue weighted by Gasteiger charge is -2.12. The van der Waals surface area contributed by atoms with E-state index < -0.39 is 0 Å². The molecule has 0 spiro atoms. The highest BCUT2D eigenvalue weighted by atomic mass is 16.5. The number of nitrogens with zero attached hydrogens (tertiary/aromatic N) is 4. The van der Waals surface area contributed by atoms with E-state index in [1.807, 2.05) is 103 Å². The number of ether oxygens (including phenoxy) is 5. The third kappa shape index (κ3) is 7.89. The van der Waals surface area contributed by atoms with Gasteiger partial charge in [-0.15, -0.1) is 0 Å². The fourth-order valence-electron chi connectivity index (χ4n) is 6.09. The van der Waals surface area contributed by atoms with Gasteiger partial charge >= 0.3 is 0 Å². The molecule has 0 saturated carbocycles. The standard InChI is InChI=1S/C23H18N2O3.C22H18N2O3/c1-27-20-12-18-19(13-21(20)28-2)24-14-25-22(18)23(26)17-10-6-9-16(11-17)15-7-4-3-5-8-15;1-25-20-12-18-19(13-21(20)26-2)23-14-24-22(18)27-17-10-6-9-16(11-17)15-7-4-3-5-8-15/h3-14H,1-2H3;3-14H,1-2H3. The summed E-state index contributed by atoms with van der Waals surface area (Å²) in [4.78, 5) is 30.4. The minimum atomic E-state index is -0.169. The highest BCUT2D eigenvalue weighted by Gasteiger charge is 2.18. The van der Waals surface area contributed by atoms with Gasteiger partial charge in [-0.25, -0.2) is 19.9 Å². The van der Waals surface area contributed by atoms with Crippen molar-refractivity contribution in [3.63, 3.8) is 0 Å². The number of aromatic nitrogens is 4. The lowest BCUT2D eigenvalue weighted by molar-refractivity contribution is 0.103. The topological polar surface area (TPSA) is 115 Å². The van der Waals surface area contributed by atoms with Gasteiger partial charge in [-0.05, 0) is 52.6 Å². The van der Waals surface area contributed by atoms with Crippen LogP contribution in [-0.2, 0) is 0 Å². The summed E-state index contributed by atoms with van der Waals surface area (Å²) in [6.07, 6.45) is 2.87. The fraction of sp³-hybridized carbons (Fsp3) is 0.0889. The third-order valence-electron chi connectivity index (χ3n) is 8.85. The Morgan fingerprint density at radius 2 is 0.945 bits per heavy atom. The van der Waals surface area contributed by atoms with Crippen molar-refractivity contribution in [3.8, 4) is 56.9 Å². The van der Waals surface area contributed by atoms with Crippen molar-refractivity contribution >= 4 is 27.6 Å². The summed E-state index contributed by atoms with van der Waals surface area (Å²) in [5, 5.41) is 1.37. The average molecular weight is 729 g/mol. The number of carbonyl (C=O) groups is 1. The Bertz CT molecular complexity index is 2600. The molecule has 0 aliphatic carbocycles. The molecule has 0 amide bonds. The summed E-state index contributed by atoms with van der Waals surface area (Å²) in [7, 11) is 6.30. The first-order chi connectivity index (χ1) is 27.0. The van der Waals surface area contributed by atoms with Crippen LogP contribution in [0, 0.1) is 0 Å². The van der Waals surface area contributed by atoms with Crippen LogP contribution < -0.4 is 23.7 Å². The Labute approximate surface area is 318 Å². The van der Waals surface area contributed by atoms with E-state index in [0.29, 0.717) is 56.8 Å². The van der Waals surface area contributed by atoms with Crippen molar-refractivity contribution in [1.82, 2.24) is 19.9 Å². The van der Waals surface area contributed by atoms with Gasteiger partial charge in [0.25, 0.3) is 0 Å². The first-order valence-corrected chi connectivity index (χ1v) is 17.3. The summed E-state index contributed by atoms with van der Waals surface area (Å²) >= 11 is 0. The zero-order chi connectivity index (χ0) is 38.1. The van der Waals surface area contributed by atoms with E-state index >= 15 is 0 Å². The number of ketones is 1. The molecule has 0 N–H and O–H groups in total. The Morgan fingerprint density at radius 3 is 1.55 bits per heavy atom. The molecular weight excluding hydrogens is 693 g/mol. The number of methoxy groups -OCH3 is 4. The van der Waals surface area contributed by atoms with E-state index in [1.54, 1.807) is 46.6 Å². The van der Waals surface area contributed by atoms with Crippen LogP contribution in [0.15, 0.2) is 146 Å². The van der Waals surface area contributed by atoms with E-state index in [0.717, 1.165) is 33.2 Å². The lowest BCUT2D eigenvalue weighted by Crippen LogP contribution is -2.06. The van der Waals surface area contributed by atoms with Crippen molar-refractivity contribution < 1.29 is 28.5 Å². The van der Waals surface area contributed by atoms with E-state index in [1.165, 1.54) is 12.7 Å². The fourth-order valence-corrected chi connectivity index (χ4v) is 6.09. The van der Waals surface area contributed by atoms with Crippen molar-refractivity contribution in [3.05, 3.63) is 157 Å². The SMILES string of the molecule is COc1cc2ncnc(C(=O)c3cccc(-c4ccccc4)c3)c2cc1OC.COc1cc2ncnc(Oc3cccc(-c4ccccc4)c3)c2cc1OC. The average Bonchev–Trinajstić information content (AvgIpc) is 3.26. The Balaban J connectivity index is 0.000000169. The smallest absolute Gasteiger partial charge is 0.230 e. The van der Waals surface area contributed by atoms with E-state index in [4.69, 9.17) is 23.7 Å². The van der Waals surface area contributed by atoms with Gasteiger partial charge in [0, 0.05) is 23.1 Å². The van der Waals surface area contributed by atoms with Gasteiger partial charge in [-0.2, -0.15) is 0 Å². The molecule has 272 valence electrons. The molecule has 0 saturated heterocycles. The van der Waals surface area contributed by atoms with E-state index in [9.17, 15) is 4.79 Å². The molecule has 0 radical (unpaired) electrons. The number of carbonyl (C=O) groups excluding carboxylic acids is 1. The number of fused-ring (bicyclic) bond motifs is 2. The van der Waals surface area contributed by atoms with Crippen LogP contribution in [0.5, 0.6) is 34.6 Å². The van der Waals surface area contributed by atoms with Crippen LogP contribution in [0.2, 0.25) is 0 Å². The first kappa shape index (κ1) is 36.0. The van der Waals surface area contributed by atoms with Crippen LogP contribution in [0.4, 0.5) is 0 Å². The van der Waals surface area contributed by atoms with Crippen molar-refractivity contribution in [1.29, 1.82) is 0 Å². The minimum absolute atomic E-state index is 0.169. The maximum Gasteiger partial charge on any atom is 0.230 e. The van der Waals surface area contributed by atoms with Crippen molar-refractivity contribution in [2.45, 2.75) is 0 Å². The molecule has 6 aromatic carbocycles. The summed E-state index contributed by atoms with van der Waals surface area (Å²) < 4.78 is 27.5. The van der Waals surface area contributed by atoms with Crippen molar-refractivity contribution in [2.75, 3.05) is 28.4 Å². The van der Waals surface area contributed by atoms with Crippen LogP contribution in [0.25, 0.3) is 44.1 Å². The second-order valence-electron chi connectivity index (χ2n) is 12.1. The Hall–Kier alpha value is -7.33. The molecule has 0 unspecified atom stereocenters. The van der Waals surface area contributed by atoms with Gasteiger partial charge in [-0.1, -0.05) is 91.0 Å². The number of hydrogen-bond acceptors (Lipinski definition) is 10. The Kier molecular flexibility index (Phi) is 10.9. The molecule has 0 atom stereocenters. The summed E-state index contributed by atoms with van der Waals surface area (Å²) in [5.74, 6) is 3.29. The monoisotopic (exact) mass is 728 g/mol. The summed E-state index contributed by atoms with van der Waals surface area (Å²) in [6, 6.07) is 42.7. The second kappa shape index (κ2) is 16.6. The van der Waals surface area contributed by atoms with E-state index in [-0.39, 0.29) is 5.78 Å². The van der Waals surface area contributed by atoms with E-state index in [2.05, 4.69) is 32.1 Å². The molecule has 10 heteroatoms.